The Morgan fingerprint density at radius 2 is 1.82 bits per heavy atom. The Balaban J connectivity index is 1.44. The number of hydrogen-bond acceptors (Lipinski definition) is 8. The minimum Gasteiger partial charge on any atom is -0.406 e. The lowest BCUT2D eigenvalue weighted by atomic mass is 9.78. The highest BCUT2D eigenvalue weighted by atomic mass is 32.2. The molecule has 1 aliphatic carbocycles. The fourth-order valence-corrected chi connectivity index (χ4v) is 7.69. The second-order valence-electron chi connectivity index (χ2n) is 11.0. The summed E-state index contributed by atoms with van der Waals surface area (Å²) in [5, 5.41) is 12.0. The molecule has 1 saturated carbocycles. The van der Waals surface area contributed by atoms with Gasteiger partial charge in [-0.05, 0) is 54.7 Å². The Morgan fingerprint density at radius 3 is 2.52 bits per heavy atom. The first kappa shape index (κ1) is 32.3. The lowest BCUT2D eigenvalue weighted by Gasteiger charge is -2.34. The predicted octanol–water partition coefficient (Wildman–Crippen LogP) is 4.89. The Morgan fingerprint density at radius 1 is 1.09 bits per heavy atom. The highest BCUT2D eigenvalue weighted by molar-refractivity contribution is 7.99. The molecule has 1 saturated heterocycles. The lowest BCUT2D eigenvalue weighted by molar-refractivity contribution is -0.274. The molecule has 10 nitrogen and oxygen atoms in total. The van der Waals surface area contributed by atoms with Gasteiger partial charge in [0.1, 0.15) is 5.75 Å². The van der Waals surface area contributed by atoms with Crippen molar-refractivity contribution in [2.45, 2.75) is 55.6 Å². The number of carbonyl (C=O) groups is 1. The fraction of sp³-hybridized carbons (Fsp3) is 0.483. The second-order valence-corrected chi connectivity index (χ2v) is 13.8. The lowest BCUT2D eigenvalue weighted by Crippen LogP contribution is -2.44. The van der Waals surface area contributed by atoms with Crippen LogP contribution in [0.5, 0.6) is 5.75 Å². The summed E-state index contributed by atoms with van der Waals surface area (Å²) in [4.78, 5) is 13.0. The topological polar surface area (TPSA) is 116 Å². The minimum atomic E-state index is -4.85. The van der Waals surface area contributed by atoms with Crippen LogP contribution in [0.4, 0.5) is 13.2 Å². The van der Waals surface area contributed by atoms with Gasteiger partial charge in [0.15, 0.2) is 11.0 Å². The zero-order chi connectivity index (χ0) is 31.5. The maximum atomic E-state index is 13.3. The van der Waals surface area contributed by atoms with Gasteiger partial charge in [-0.3, -0.25) is 9.36 Å². The van der Waals surface area contributed by atoms with Crippen LogP contribution in [0.15, 0.2) is 58.6 Å². The highest BCUT2D eigenvalue weighted by Crippen LogP contribution is 2.33. The Labute approximate surface area is 258 Å². The van der Waals surface area contributed by atoms with E-state index in [0.29, 0.717) is 41.5 Å². The molecule has 1 amide bonds. The van der Waals surface area contributed by atoms with Crippen LogP contribution in [-0.4, -0.2) is 77.9 Å². The van der Waals surface area contributed by atoms with Crippen molar-refractivity contribution in [3.8, 4) is 22.8 Å². The van der Waals surface area contributed by atoms with Crippen molar-refractivity contribution in [1.29, 1.82) is 0 Å². The molecular weight excluding hydrogens is 619 g/mol. The van der Waals surface area contributed by atoms with E-state index in [1.54, 1.807) is 16.7 Å². The monoisotopic (exact) mass is 653 g/mol. The number of alkyl halides is 3. The van der Waals surface area contributed by atoms with Crippen LogP contribution in [0.2, 0.25) is 0 Å². The summed E-state index contributed by atoms with van der Waals surface area (Å²) >= 11 is 1.13. The van der Waals surface area contributed by atoms with Crippen molar-refractivity contribution < 1.29 is 35.9 Å². The third kappa shape index (κ3) is 7.56. The molecule has 2 fully saturated rings. The highest BCUT2D eigenvalue weighted by Gasteiger charge is 2.32. The number of hydrogen-bond donors (Lipinski definition) is 1. The number of nitrogens with zero attached hydrogens (tertiary/aromatic N) is 4. The third-order valence-electron chi connectivity index (χ3n) is 8.05. The first-order valence-corrected chi connectivity index (χ1v) is 16.8. The van der Waals surface area contributed by atoms with Gasteiger partial charge in [-0.25, -0.2) is 8.42 Å². The second kappa shape index (κ2) is 13.5. The number of ether oxygens (including phenoxy) is 2. The normalized spacial score (nSPS) is 21.6. The van der Waals surface area contributed by atoms with E-state index in [1.807, 2.05) is 0 Å². The molecule has 3 atom stereocenters. The van der Waals surface area contributed by atoms with E-state index in [1.165, 1.54) is 40.7 Å². The van der Waals surface area contributed by atoms with Crippen LogP contribution in [-0.2, 0) is 19.6 Å². The maximum Gasteiger partial charge on any atom is 0.573 e. The molecule has 2 heterocycles. The van der Waals surface area contributed by atoms with E-state index in [4.69, 9.17) is 4.74 Å². The average molecular weight is 654 g/mol. The van der Waals surface area contributed by atoms with Gasteiger partial charge >= 0.3 is 6.36 Å². The van der Waals surface area contributed by atoms with Gasteiger partial charge in [-0.15, -0.1) is 23.4 Å². The van der Waals surface area contributed by atoms with Crippen LogP contribution in [0.1, 0.15) is 33.1 Å². The maximum absolute atomic E-state index is 13.3. The largest absolute Gasteiger partial charge is 0.573 e. The number of morpholine rings is 1. The molecule has 2 aromatic carbocycles. The van der Waals surface area contributed by atoms with E-state index >= 15 is 0 Å². The number of thioether (sulfide) groups is 1. The molecule has 238 valence electrons. The van der Waals surface area contributed by atoms with Crippen LogP contribution in [0.25, 0.3) is 17.1 Å². The SMILES string of the molecule is C[C@@H]1[C@H](C)CCC[C@@H]1NC(=O)CSc1nnc(-c2cccc(S(=O)(=O)N3CCOCC3)c2)n1-c1ccc(OC(F)(F)F)cc1. The molecule has 0 unspecified atom stereocenters. The molecule has 2 aliphatic rings. The standard InChI is InChI=1S/C29H34F3N5O5S2/c1-19-5-3-8-25(20(19)2)33-26(38)18-43-28-35-34-27(37(28)22-9-11-23(12-10-22)42-29(30,31)32)21-6-4-7-24(17-21)44(39,40)36-13-15-41-16-14-36/h4,6-7,9-12,17,19-20,25H,3,5,8,13-16,18H2,1-2H3,(H,33,38)/t19-,20-,25+/m1/s1. The first-order valence-electron chi connectivity index (χ1n) is 14.3. The van der Waals surface area contributed by atoms with Crippen LogP contribution >= 0.6 is 11.8 Å². The molecule has 15 heteroatoms. The van der Waals surface area contributed by atoms with Gasteiger partial charge in [-0.2, -0.15) is 4.31 Å². The van der Waals surface area contributed by atoms with Gasteiger partial charge < -0.3 is 14.8 Å². The molecule has 0 bridgehead atoms. The number of carbonyl (C=O) groups excluding carboxylic acids is 1. The summed E-state index contributed by atoms with van der Waals surface area (Å²) in [5.74, 6) is 0.594. The van der Waals surface area contributed by atoms with Gasteiger partial charge in [-0.1, -0.05) is 50.6 Å². The molecule has 0 spiro atoms. The Kier molecular flexibility index (Phi) is 9.87. The molecule has 3 aromatic rings. The number of sulfonamides is 1. The van der Waals surface area contributed by atoms with E-state index in [0.717, 1.165) is 31.0 Å². The van der Waals surface area contributed by atoms with Crippen molar-refractivity contribution in [2.75, 3.05) is 32.1 Å². The summed E-state index contributed by atoms with van der Waals surface area (Å²) in [7, 11) is -3.82. The van der Waals surface area contributed by atoms with Crippen LogP contribution in [0.3, 0.4) is 0 Å². The van der Waals surface area contributed by atoms with Crippen molar-refractivity contribution >= 4 is 27.7 Å². The van der Waals surface area contributed by atoms with Crippen molar-refractivity contribution in [3.05, 3.63) is 48.5 Å². The van der Waals surface area contributed by atoms with E-state index in [9.17, 15) is 26.4 Å². The molecule has 0 radical (unpaired) electrons. The summed E-state index contributed by atoms with van der Waals surface area (Å²) in [6.07, 6.45) is -1.75. The third-order valence-corrected chi connectivity index (χ3v) is 10.9. The van der Waals surface area contributed by atoms with Gasteiger partial charge in [0.05, 0.1) is 23.9 Å². The van der Waals surface area contributed by atoms with Crippen LogP contribution in [0, 0.1) is 11.8 Å². The smallest absolute Gasteiger partial charge is 0.406 e. The zero-order valence-corrected chi connectivity index (χ0v) is 25.9. The quantitative estimate of drug-likeness (QED) is 0.325. The average Bonchev–Trinajstić information content (AvgIpc) is 3.42. The molecular formula is C29H34F3N5O5S2. The summed E-state index contributed by atoms with van der Waals surface area (Å²) in [6, 6.07) is 11.5. The molecule has 1 N–H and O–H groups in total. The van der Waals surface area contributed by atoms with E-state index < -0.39 is 22.1 Å². The number of rotatable bonds is 9. The number of amides is 1. The van der Waals surface area contributed by atoms with Crippen molar-refractivity contribution in [1.82, 2.24) is 24.4 Å². The zero-order valence-electron chi connectivity index (χ0n) is 24.3. The summed E-state index contributed by atoms with van der Waals surface area (Å²) in [6.45, 7) is 5.40. The molecule has 1 aliphatic heterocycles. The number of aromatic nitrogens is 3. The van der Waals surface area contributed by atoms with Crippen LogP contribution < -0.4 is 10.1 Å². The number of halogens is 3. The summed E-state index contributed by atoms with van der Waals surface area (Å²) in [5.41, 5.74) is 0.822. The van der Waals surface area contributed by atoms with Crippen molar-refractivity contribution in [2.24, 2.45) is 11.8 Å². The number of nitrogens with one attached hydrogen (secondary N) is 1. The first-order chi connectivity index (χ1) is 20.9. The minimum absolute atomic E-state index is 0.0381. The Hall–Kier alpha value is -3.14. The number of benzene rings is 2. The van der Waals surface area contributed by atoms with Gasteiger partial charge in [0.25, 0.3) is 0 Å². The molecule has 5 rings (SSSR count). The molecule has 44 heavy (non-hydrogen) atoms. The summed E-state index contributed by atoms with van der Waals surface area (Å²) < 4.78 is 77.3. The van der Waals surface area contributed by atoms with Gasteiger partial charge in [0.2, 0.25) is 15.9 Å². The van der Waals surface area contributed by atoms with Gasteiger partial charge in [0, 0.05) is 30.4 Å². The van der Waals surface area contributed by atoms with E-state index in [2.05, 4.69) is 34.1 Å². The fourth-order valence-electron chi connectivity index (χ4n) is 5.48. The van der Waals surface area contributed by atoms with Crippen molar-refractivity contribution in [3.63, 3.8) is 0 Å². The van der Waals surface area contributed by atoms with E-state index in [-0.39, 0.29) is 41.5 Å². The predicted molar refractivity (Wildman–Crippen MR) is 158 cm³/mol. The molecule has 1 aromatic heterocycles. The Bertz CT molecular complexity index is 1560.